The molecule has 0 atom stereocenters. The molecule has 0 spiro atoms. The molecule has 1 aliphatic rings. The average molecular weight is 427 g/mol. The van der Waals surface area contributed by atoms with Crippen molar-refractivity contribution >= 4 is 28.6 Å². The van der Waals surface area contributed by atoms with E-state index in [1.54, 1.807) is 29.2 Å². The molecule has 166 valence electrons. The number of nitrogens with zero attached hydrogens (tertiary/aromatic N) is 1. The van der Waals surface area contributed by atoms with Gasteiger partial charge in [0.05, 0.1) is 6.54 Å². The Labute approximate surface area is 181 Å². The Morgan fingerprint density at radius 2 is 1.74 bits per heavy atom. The van der Waals surface area contributed by atoms with Crippen LogP contribution in [0, 0.1) is 0 Å². The number of benzene rings is 1. The van der Waals surface area contributed by atoms with Crippen LogP contribution in [-0.4, -0.2) is 52.8 Å². The van der Waals surface area contributed by atoms with Crippen LogP contribution in [-0.2, 0) is 9.59 Å². The second-order valence-corrected chi connectivity index (χ2v) is 7.93. The first kappa shape index (κ1) is 22.5. The van der Waals surface area contributed by atoms with Gasteiger partial charge in [0.15, 0.2) is 0 Å². The number of fused-ring (bicyclic) bond motifs is 1. The Hall–Kier alpha value is -3.16. The molecule has 3 N–H and O–H groups in total. The molecule has 1 saturated carbocycles. The fourth-order valence-corrected chi connectivity index (χ4v) is 4.26. The van der Waals surface area contributed by atoms with E-state index < -0.39 is 22.8 Å². The fourth-order valence-electron chi connectivity index (χ4n) is 4.26. The number of rotatable bonds is 7. The van der Waals surface area contributed by atoms with Crippen LogP contribution in [0.4, 0.5) is 0 Å². The highest BCUT2D eigenvalue weighted by Crippen LogP contribution is 2.30. The van der Waals surface area contributed by atoms with E-state index in [0.717, 1.165) is 19.3 Å². The first-order valence-electron chi connectivity index (χ1n) is 10.9. The van der Waals surface area contributed by atoms with Crippen molar-refractivity contribution in [2.45, 2.75) is 51.5 Å². The summed E-state index contributed by atoms with van der Waals surface area (Å²) in [6.07, 6.45) is 5.30. The predicted molar refractivity (Wildman–Crippen MR) is 119 cm³/mol. The van der Waals surface area contributed by atoms with Crippen molar-refractivity contribution in [3.05, 3.63) is 46.2 Å². The van der Waals surface area contributed by atoms with E-state index in [-0.39, 0.29) is 18.0 Å². The van der Waals surface area contributed by atoms with Gasteiger partial charge in [0.1, 0.15) is 11.1 Å². The third-order valence-electron chi connectivity index (χ3n) is 5.99. The molecular formula is C23H30N4O4. The van der Waals surface area contributed by atoms with Gasteiger partial charge in [-0.2, -0.15) is 0 Å². The number of H-pyrrole nitrogens is 1. The molecule has 0 radical (unpaired) electrons. The van der Waals surface area contributed by atoms with Crippen molar-refractivity contribution in [3.63, 3.8) is 0 Å². The monoisotopic (exact) mass is 426 g/mol. The first-order valence-corrected chi connectivity index (χ1v) is 10.9. The molecule has 1 aliphatic carbocycles. The molecular weight excluding hydrogens is 396 g/mol. The summed E-state index contributed by atoms with van der Waals surface area (Å²) in [5, 5.41) is 5.82. The molecule has 8 nitrogen and oxygen atoms in total. The lowest BCUT2D eigenvalue weighted by Gasteiger charge is -2.40. The van der Waals surface area contributed by atoms with Gasteiger partial charge in [-0.15, -0.1) is 0 Å². The minimum Gasteiger partial charge on any atom is -0.360 e. The zero-order chi connectivity index (χ0) is 22.4. The van der Waals surface area contributed by atoms with Crippen molar-refractivity contribution in [1.82, 2.24) is 20.5 Å². The minimum absolute atomic E-state index is 0.0573. The lowest BCUT2D eigenvalue weighted by atomic mass is 9.80. The van der Waals surface area contributed by atoms with Crippen molar-refractivity contribution in [3.8, 4) is 0 Å². The largest absolute Gasteiger partial charge is 0.360 e. The molecule has 0 unspecified atom stereocenters. The van der Waals surface area contributed by atoms with E-state index in [2.05, 4.69) is 15.6 Å². The van der Waals surface area contributed by atoms with E-state index >= 15 is 0 Å². The number of hydrogen-bond acceptors (Lipinski definition) is 4. The fraction of sp³-hybridized carbons (Fsp3) is 0.478. The number of carbonyl (C=O) groups is 3. The summed E-state index contributed by atoms with van der Waals surface area (Å²) >= 11 is 0. The van der Waals surface area contributed by atoms with Crippen LogP contribution in [0.1, 0.15) is 56.3 Å². The maximum absolute atomic E-state index is 13.1. The Morgan fingerprint density at radius 1 is 1.06 bits per heavy atom. The van der Waals surface area contributed by atoms with Gasteiger partial charge in [0, 0.05) is 30.2 Å². The second-order valence-electron chi connectivity index (χ2n) is 7.93. The van der Waals surface area contributed by atoms with Gasteiger partial charge >= 0.3 is 0 Å². The molecule has 3 amide bonds. The summed E-state index contributed by atoms with van der Waals surface area (Å²) < 4.78 is 0. The molecule has 1 aromatic carbocycles. The molecule has 8 heteroatoms. The Kier molecular flexibility index (Phi) is 7.09. The van der Waals surface area contributed by atoms with Crippen molar-refractivity contribution in [1.29, 1.82) is 0 Å². The third-order valence-corrected chi connectivity index (χ3v) is 5.99. The number of aromatic amines is 1. The number of para-hydroxylation sites is 1. The average Bonchev–Trinajstić information content (AvgIpc) is 2.79. The number of pyridine rings is 1. The van der Waals surface area contributed by atoms with Gasteiger partial charge in [-0.1, -0.05) is 31.4 Å². The summed E-state index contributed by atoms with van der Waals surface area (Å²) in [4.78, 5) is 55.6. The summed E-state index contributed by atoms with van der Waals surface area (Å²) in [7, 11) is 0. The molecule has 31 heavy (non-hydrogen) atoms. The number of likely N-dealkylation sites (N-methyl/N-ethyl adjacent to an activating group) is 1. The normalized spacial score (nSPS) is 15.3. The Balaban J connectivity index is 1.69. The van der Waals surface area contributed by atoms with Gasteiger partial charge < -0.3 is 20.5 Å². The molecule has 0 aliphatic heterocycles. The number of amides is 3. The van der Waals surface area contributed by atoms with E-state index in [0.29, 0.717) is 36.8 Å². The maximum Gasteiger partial charge on any atom is 0.257 e. The summed E-state index contributed by atoms with van der Waals surface area (Å²) in [6.45, 7) is 4.68. The standard InChI is InChI=1S/C23H30N4O4/c1-3-27(4-2)22(31)23(12-8-5-9-13-23)26-19(28)15-25-21(30)17-14-24-18-11-7-6-10-16(18)20(17)29/h6-7,10-11,14H,3-5,8-9,12-13,15H2,1-2H3,(H,24,29)(H,25,30)(H,26,28). The van der Waals surface area contributed by atoms with Crippen molar-refractivity contribution < 1.29 is 14.4 Å². The molecule has 1 fully saturated rings. The van der Waals surface area contributed by atoms with Crippen LogP contribution in [0.5, 0.6) is 0 Å². The highest BCUT2D eigenvalue weighted by molar-refractivity contribution is 5.99. The van der Waals surface area contributed by atoms with Crippen LogP contribution < -0.4 is 16.1 Å². The third kappa shape index (κ3) is 4.78. The Morgan fingerprint density at radius 3 is 2.42 bits per heavy atom. The highest BCUT2D eigenvalue weighted by Gasteiger charge is 2.42. The summed E-state index contributed by atoms with van der Waals surface area (Å²) in [6, 6.07) is 6.91. The number of aromatic nitrogens is 1. The lowest BCUT2D eigenvalue weighted by Crippen LogP contribution is -2.61. The van der Waals surface area contributed by atoms with Gasteiger partial charge in [-0.3, -0.25) is 19.2 Å². The van der Waals surface area contributed by atoms with E-state index in [1.165, 1.54) is 6.20 Å². The van der Waals surface area contributed by atoms with Crippen molar-refractivity contribution in [2.24, 2.45) is 0 Å². The quantitative estimate of drug-likeness (QED) is 0.628. The maximum atomic E-state index is 13.1. The SMILES string of the molecule is CCN(CC)C(=O)C1(NC(=O)CNC(=O)c2c[nH]c3ccccc3c2=O)CCCCC1. The zero-order valence-corrected chi connectivity index (χ0v) is 18.1. The molecule has 0 bridgehead atoms. The van der Waals surface area contributed by atoms with Gasteiger partial charge in [-0.25, -0.2) is 0 Å². The number of carbonyl (C=O) groups excluding carboxylic acids is 3. The van der Waals surface area contributed by atoms with E-state index in [9.17, 15) is 19.2 Å². The summed E-state index contributed by atoms with van der Waals surface area (Å²) in [5.74, 6) is -1.13. The van der Waals surface area contributed by atoms with E-state index in [1.807, 2.05) is 13.8 Å². The van der Waals surface area contributed by atoms with Crippen LogP contribution in [0.25, 0.3) is 10.9 Å². The van der Waals surface area contributed by atoms with E-state index in [4.69, 9.17) is 0 Å². The predicted octanol–water partition coefficient (Wildman–Crippen LogP) is 1.95. The van der Waals surface area contributed by atoms with Crippen LogP contribution in [0.15, 0.2) is 35.3 Å². The molecule has 1 aromatic heterocycles. The molecule has 2 aromatic rings. The minimum atomic E-state index is -0.924. The second kappa shape index (κ2) is 9.76. The van der Waals surface area contributed by atoms with Crippen LogP contribution in [0.3, 0.4) is 0 Å². The van der Waals surface area contributed by atoms with Gasteiger partial charge in [0.2, 0.25) is 17.2 Å². The van der Waals surface area contributed by atoms with Gasteiger partial charge in [0.25, 0.3) is 5.91 Å². The van der Waals surface area contributed by atoms with Crippen LogP contribution in [0.2, 0.25) is 0 Å². The summed E-state index contributed by atoms with van der Waals surface area (Å²) in [5.41, 5.74) is -0.742. The van der Waals surface area contributed by atoms with Crippen LogP contribution >= 0.6 is 0 Å². The first-order chi connectivity index (χ1) is 14.9. The molecule has 1 heterocycles. The number of hydrogen-bond donors (Lipinski definition) is 3. The topological polar surface area (TPSA) is 111 Å². The zero-order valence-electron chi connectivity index (χ0n) is 18.1. The van der Waals surface area contributed by atoms with Crippen molar-refractivity contribution in [2.75, 3.05) is 19.6 Å². The smallest absolute Gasteiger partial charge is 0.257 e. The molecule has 0 saturated heterocycles. The lowest BCUT2D eigenvalue weighted by molar-refractivity contribution is -0.143. The van der Waals surface area contributed by atoms with Gasteiger partial charge in [-0.05, 0) is 38.8 Å². The molecule has 3 rings (SSSR count). The Bertz CT molecular complexity index is 1020. The number of nitrogens with one attached hydrogen (secondary N) is 3. The highest BCUT2D eigenvalue weighted by atomic mass is 16.2.